The molecular weight excluding hydrogens is 354 g/mol. The van der Waals surface area contributed by atoms with Gasteiger partial charge in [0.25, 0.3) is 5.91 Å². The second kappa shape index (κ2) is 8.72. The van der Waals surface area contributed by atoms with E-state index in [9.17, 15) is 9.59 Å². The zero-order valence-corrected chi connectivity index (χ0v) is 16.0. The van der Waals surface area contributed by atoms with E-state index in [4.69, 9.17) is 21.1 Å². The van der Waals surface area contributed by atoms with Crippen LogP contribution in [0.5, 0.6) is 11.5 Å². The number of carbonyl (C=O) groups is 2. The van der Waals surface area contributed by atoms with E-state index in [1.165, 1.54) is 14.0 Å². The molecule has 1 amide bonds. The molecule has 0 heterocycles. The molecule has 2 aromatic rings. The number of Topliss-reactive ketones (excluding diaryl/α,β-unsaturated/α-hetero) is 1. The van der Waals surface area contributed by atoms with E-state index in [1.807, 2.05) is 13.8 Å². The van der Waals surface area contributed by atoms with E-state index >= 15 is 0 Å². The van der Waals surface area contributed by atoms with Gasteiger partial charge in [-0.1, -0.05) is 25.4 Å². The Morgan fingerprint density at radius 2 is 1.77 bits per heavy atom. The number of benzene rings is 2. The standard InChI is InChI=1S/C20H22ClNO4/c1-12(2)11-26-19-17(21)9-15(10-18(19)25-4)20(24)22-16-7-5-14(6-8-16)13(3)23/h5-10,12H,11H2,1-4H3,(H,22,24). The SMILES string of the molecule is COc1cc(C(=O)Nc2ccc(C(C)=O)cc2)cc(Cl)c1OCC(C)C. The normalized spacial score (nSPS) is 10.5. The molecule has 0 aliphatic carbocycles. The summed E-state index contributed by atoms with van der Waals surface area (Å²) in [5.74, 6) is 0.782. The monoisotopic (exact) mass is 375 g/mol. The lowest BCUT2D eigenvalue weighted by Crippen LogP contribution is -2.13. The number of hydrogen-bond donors (Lipinski definition) is 1. The van der Waals surface area contributed by atoms with Crippen LogP contribution in [0, 0.1) is 5.92 Å². The summed E-state index contributed by atoms with van der Waals surface area (Å²) in [6.45, 7) is 6.04. The Balaban J connectivity index is 2.20. The third kappa shape index (κ3) is 4.99. The number of methoxy groups -OCH3 is 1. The van der Waals surface area contributed by atoms with Crippen molar-refractivity contribution in [3.8, 4) is 11.5 Å². The zero-order valence-electron chi connectivity index (χ0n) is 15.3. The Kier molecular flexibility index (Phi) is 6.64. The number of hydrogen-bond acceptors (Lipinski definition) is 4. The minimum absolute atomic E-state index is 0.0311. The molecule has 1 N–H and O–H groups in total. The van der Waals surface area contributed by atoms with Crippen molar-refractivity contribution < 1.29 is 19.1 Å². The van der Waals surface area contributed by atoms with Crippen LogP contribution in [0.15, 0.2) is 36.4 Å². The Morgan fingerprint density at radius 1 is 1.12 bits per heavy atom. The minimum atomic E-state index is -0.337. The van der Waals surface area contributed by atoms with E-state index in [2.05, 4.69) is 5.32 Å². The first-order valence-corrected chi connectivity index (χ1v) is 8.62. The van der Waals surface area contributed by atoms with Crippen LogP contribution in [0.1, 0.15) is 41.5 Å². The molecular formula is C20H22ClNO4. The Hall–Kier alpha value is -2.53. The Bertz CT molecular complexity index is 800. The molecule has 0 atom stereocenters. The van der Waals surface area contributed by atoms with Gasteiger partial charge in [0.2, 0.25) is 0 Å². The second-order valence-corrected chi connectivity index (χ2v) is 6.69. The van der Waals surface area contributed by atoms with E-state index in [1.54, 1.807) is 36.4 Å². The van der Waals surface area contributed by atoms with Crippen LogP contribution in [0.3, 0.4) is 0 Å². The van der Waals surface area contributed by atoms with Crippen molar-refractivity contribution in [2.45, 2.75) is 20.8 Å². The van der Waals surface area contributed by atoms with Crippen LogP contribution in [0.25, 0.3) is 0 Å². The summed E-state index contributed by atoms with van der Waals surface area (Å²) in [7, 11) is 1.50. The fourth-order valence-electron chi connectivity index (χ4n) is 2.23. The van der Waals surface area contributed by atoms with Crippen molar-refractivity contribution in [3.05, 3.63) is 52.5 Å². The smallest absolute Gasteiger partial charge is 0.255 e. The number of ether oxygens (including phenoxy) is 2. The molecule has 0 saturated carbocycles. The highest BCUT2D eigenvalue weighted by atomic mass is 35.5. The van der Waals surface area contributed by atoms with Crippen molar-refractivity contribution in [1.29, 1.82) is 0 Å². The lowest BCUT2D eigenvalue weighted by molar-refractivity contribution is 0.101. The first kappa shape index (κ1) is 19.8. The summed E-state index contributed by atoms with van der Waals surface area (Å²) >= 11 is 6.28. The fraction of sp³-hybridized carbons (Fsp3) is 0.300. The molecule has 0 fully saturated rings. The number of carbonyl (C=O) groups excluding carboxylic acids is 2. The van der Waals surface area contributed by atoms with E-state index in [0.29, 0.717) is 45.9 Å². The van der Waals surface area contributed by atoms with Crippen LogP contribution >= 0.6 is 11.6 Å². The van der Waals surface area contributed by atoms with Gasteiger partial charge in [-0.3, -0.25) is 9.59 Å². The summed E-state index contributed by atoms with van der Waals surface area (Å²) in [6, 6.07) is 9.80. The van der Waals surface area contributed by atoms with Gasteiger partial charge < -0.3 is 14.8 Å². The number of nitrogens with one attached hydrogen (secondary N) is 1. The van der Waals surface area contributed by atoms with Crippen LogP contribution in [0.4, 0.5) is 5.69 Å². The highest BCUT2D eigenvalue weighted by Gasteiger charge is 2.16. The summed E-state index contributed by atoms with van der Waals surface area (Å²) in [5, 5.41) is 3.07. The van der Waals surface area contributed by atoms with Crippen molar-refractivity contribution in [2.75, 3.05) is 19.0 Å². The summed E-state index contributed by atoms with van der Waals surface area (Å²) in [5.41, 5.74) is 1.51. The molecule has 0 spiro atoms. The quantitative estimate of drug-likeness (QED) is 0.703. The maximum atomic E-state index is 12.5. The molecule has 0 aliphatic heterocycles. The van der Waals surface area contributed by atoms with Crippen molar-refractivity contribution in [3.63, 3.8) is 0 Å². The highest BCUT2D eigenvalue weighted by Crippen LogP contribution is 2.37. The molecule has 0 radical (unpaired) electrons. The van der Waals surface area contributed by atoms with Gasteiger partial charge in [-0.2, -0.15) is 0 Å². The predicted molar refractivity (Wildman–Crippen MR) is 103 cm³/mol. The molecule has 138 valence electrons. The molecule has 0 aliphatic rings. The fourth-order valence-corrected chi connectivity index (χ4v) is 2.50. The Labute approximate surface area is 158 Å². The minimum Gasteiger partial charge on any atom is -0.493 e. The summed E-state index contributed by atoms with van der Waals surface area (Å²) < 4.78 is 11.0. The predicted octanol–water partition coefficient (Wildman–Crippen LogP) is 4.84. The first-order valence-electron chi connectivity index (χ1n) is 8.24. The molecule has 26 heavy (non-hydrogen) atoms. The molecule has 5 nitrogen and oxygen atoms in total. The zero-order chi connectivity index (χ0) is 19.3. The van der Waals surface area contributed by atoms with Crippen molar-refractivity contribution in [1.82, 2.24) is 0 Å². The molecule has 0 bridgehead atoms. The van der Waals surface area contributed by atoms with Gasteiger partial charge in [0.1, 0.15) is 0 Å². The van der Waals surface area contributed by atoms with Gasteiger partial charge in [-0.25, -0.2) is 0 Å². The molecule has 2 aromatic carbocycles. The molecule has 6 heteroatoms. The van der Waals surface area contributed by atoms with Crippen molar-refractivity contribution >= 4 is 29.0 Å². The summed E-state index contributed by atoms with van der Waals surface area (Å²) in [4.78, 5) is 23.8. The summed E-state index contributed by atoms with van der Waals surface area (Å²) in [6.07, 6.45) is 0. The molecule has 2 rings (SSSR count). The number of amides is 1. The van der Waals surface area contributed by atoms with Crippen molar-refractivity contribution in [2.24, 2.45) is 5.92 Å². The first-order chi connectivity index (χ1) is 12.3. The van der Waals surface area contributed by atoms with E-state index in [-0.39, 0.29) is 11.7 Å². The number of anilines is 1. The van der Waals surface area contributed by atoms with E-state index in [0.717, 1.165) is 0 Å². The largest absolute Gasteiger partial charge is 0.493 e. The third-order valence-electron chi connectivity index (χ3n) is 3.60. The lowest BCUT2D eigenvalue weighted by atomic mass is 10.1. The van der Waals surface area contributed by atoms with Gasteiger partial charge in [0.15, 0.2) is 17.3 Å². The molecule has 0 aromatic heterocycles. The highest BCUT2D eigenvalue weighted by molar-refractivity contribution is 6.32. The third-order valence-corrected chi connectivity index (χ3v) is 3.88. The average molecular weight is 376 g/mol. The van der Waals surface area contributed by atoms with Crippen LogP contribution in [0.2, 0.25) is 5.02 Å². The average Bonchev–Trinajstić information content (AvgIpc) is 2.60. The van der Waals surface area contributed by atoms with Crippen LogP contribution in [-0.4, -0.2) is 25.4 Å². The maximum absolute atomic E-state index is 12.5. The molecule has 0 unspecified atom stereocenters. The lowest BCUT2D eigenvalue weighted by Gasteiger charge is -2.15. The van der Waals surface area contributed by atoms with E-state index < -0.39 is 0 Å². The van der Waals surface area contributed by atoms with Gasteiger partial charge in [-0.15, -0.1) is 0 Å². The van der Waals surface area contributed by atoms with Crippen LogP contribution in [-0.2, 0) is 0 Å². The number of halogens is 1. The Morgan fingerprint density at radius 3 is 2.31 bits per heavy atom. The van der Waals surface area contributed by atoms with Gasteiger partial charge in [0, 0.05) is 16.8 Å². The second-order valence-electron chi connectivity index (χ2n) is 6.28. The van der Waals surface area contributed by atoms with Gasteiger partial charge in [0.05, 0.1) is 18.7 Å². The maximum Gasteiger partial charge on any atom is 0.255 e. The number of rotatable bonds is 7. The number of ketones is 1. The van der Waals surface area contributed by atoms with Gasteiger partial charge in [-0.05, 0) is 49.2 Å². The topological polar surface area (TPSA) is 64.6 Å². The van der Waals surface area contributed by atoms with Gasteiger partial charge >= 0.3 is 0 Å². The molecule has 0 saturated heterocycles. The van der Waals surface area contributed by atoms with Crippen LogP contribution < -0.4 is 14.8 Å².